The smallest absolute Gasteiger partial charge is 0.408 e. The van der Waals surface area contributed by atoms with E-state index in [9.17, 15) is 65.5 Å². The van der Waals surface area contributed by atoms with Crippen LogP contribution in [-0.2, 0) is 123 Å². The van der Waals surface area contributed by atoms with E-state index in [1.807, 2.05) is 59.3 Å². The number of aryl methyl sites for hydroxylation is 3. The van der Waals surface area contributed by atoms with Gasteiger partial charge < -0.3 is 87.7 Å². The molecule has 18 atom stereocenters. The molecule has 4 saturated carbocycles. The van der Waals surface area contributed by atoms with Crippen LogP contribution in [0, 0.1) is 57.2 Å². The third kappa shape index (κ3) is 23.7. The summed E-state index contributed by atoms with van der Waals surface area (Å²) in [5.41, 5.74) is 2.27. The zero-order chi connectivity index (χ0) is 92.9. The number of ether oxygens (including phenoxy) is 9. The molecule has 10 aliphatic rings. The second kappa shape index (κ2) is 41.6. The number of benzene rings is 3. The fourth-order valence-corrected chi connectivity index (χ4v) is 18.7. The zero-order valence-electron chi connectivity index (χ0n) is 77.1. The fraction of sp³-hybridized carbons (Fsp3) is 0.638. The number of Topliss-reactive ketones (excluding diaryl/α,β-unsaturated/α-hetero) is 1. The maximum Gasteiger partial charge on any atom is 0.408 e. The van der Waals surface area contributed by atoms with Crippen molar-refractivity contribution in [3.63, 3.8) is 0 Å². The van der Waals surface area contributed by atoms with Crippen LogP contribution in [0.5, 0.6) is 34.9 Å². The van der Waals surface area contributed by atoms with Crippen molar-refractivity contribution >= 4 is 93.7 Å². The number of carbonyl (C=O) groups excluding carboxylic acids is 10. The first-order valence-corrected chi connectivity index (χ1v) is 44.9. The molecule has 38 heteroatoms. The molecule has 6 aliphatic heterocycles. The SMILES string of the molecule is CC[C@@H]1[C@@H]2CN(C(=O)[C@H](C(C)(C)C)NC(=O)O[C@@H]3C[C@H]3CC(=O)C3(CCc4nc5ccc(OC)cc5nc4O2)CC3)[C@@H]1[C-]=O.CC[C@@H]1[C@@H]2CN(C(=O)[C@H](C(C)(C)C)NC(=O)O[C@@H]3C[C@H]3CC(F)(F)CCCc3nc4ccc(OC)cc4nc3O2)[C@@H]1[C-]=O.COc1ccc2nc3c(nc2c1)O[C@H]1CN(C(=O)[C@H](C(C)(C)C)NC(=O)O[C@@H]2C[C@H]2CC(F)(F)CCC3)[C@H]([C-]=O)[C@@H]1C.[V].[V].[V]. The van der Waals surface area contributed by atoms with Crippen molar-refractivity contribution in [3.8, 4) is 34.9 Å². The summed E-state index contributed by atoms with van der Waals surface area (Å²) < 4.78 is 112. The van der Waals surface area contributed by atoms with Crippen molar-refractivity contribution in [2.45, 2.75) is 283 Å². The predicted molar refractivity (Wildman–Crippen MR) is 461 cm³/mol. The molecule has 0 unspecified atom stereocenters. The van der Waals surface area contributed by atoms with Crippen molar-refractivity contribution in [2.75, 3.05) is 41.0 Å². The number of aromatic nitrogens is 6. The molecule has 3 saturated heterocycles. The minimum atomic E-state index is -2.96. The number of carbonyl (C=O) groups is 7. The molecule has 132 heavy (non-hydrogen) atoms. The van der Waals surface area contributed by atoms with Gasteiger partial charge in [0.05, 0.1) is 74.1 Å². The van der Waals surface area contributed by atoms with Gasteiger partial charge >= 0.3 is 18.3 Å². The Balaban J connectivity index is 0.000000189. The standard InChI is InChI=1S/C33H41N4O7.C31H39F2N4O6.C30H37F2N4O6.3V/c1-6-20-24(17-38)37-16-26(20)43-29-22(34-21-8-7-19(42-5)15-23(21)35-29)9-10-33(11-12-33)27(39)14-18-13-25(18)44-31(41)36-28(30(37)40)32(2,3)4;1-6-19-23(16-38)37-15-25(19)42-27-21(34-20-10-9-18(41-5)13-22(20)35-27)8-7-11-31(32,33)14-17-12-24(17)43-29(40)36-26(28(37)39)30(2,3)4;1-16-22(15-37)36-14-24(16)41-26-20(33-19-9-8-18(40-5)12-21(19)34-26)7-6-10-30(31,32)13-17-11-23(17)42-28(39)35-25(27(36)38)29(2,3)4;;;/h7-8,15,18,20,24-26,28H,6,9-14,16H2,1-5H3,(H,36,41);9-10,13,17,19,23-26H,6-8,11-12,14-15H2,1-5H3,(H,36,40);8-9,12,16-17,22-25H,6-7,10-11,13-14H2,1-5H3,(H,35,39);;;/q3*-1;;;/t18-,20-,24+,25+,26-,28+;17-,19-,23+,24+,25-,26+;16-,17-,22+,23+,24-,25+;;;/m000.../s1. The number of nitrogens with zero attached hydrogens (tertiary/aromatic N) is 9. The molecule has 6 aromatic rings. The number of rotatable bonds is 8. The number of hydrogen-bond donors (Lipinski definition) is 3. The Morgan fingerprint density at radius 2 is 0.750 bits per heavy atom. The molecule has 3 N–H and O–H groups in total. The van der Waals surface area contributed by atoms with Gasteiger partial charge in [-0.05, 0) is 141 Å². The van der Waals surface area contributed by atoms with Crippen molar-refractivity contribution in [3.05, 3.63) is 71.7 Å². The fourth-order valence-electron chi connectivity index (χ4n) is 18.7. The van der Waals surface area contributed by atoms with Crippen LogP contribution in [0.4, 0.5) is 31.9 Å². The minimum Gasteiger partial charge on any atom is -0.540 e. The van der Waals surface area contributed by atoms with Crippen molar-refractivity contribution in [1.29, 1.82) is 0 Å². The number of nitrogens with one attached hydrogen (secondary N) is 3. The summed E-state index contributed by atoms with van der Waals surface area (Å²) in [7, 11) is 4.65. The number of alkyl carbamates (subject to hydrolysis) is 3. The van der Waals surface area contributed by atoms with E-state index in [0.29, 0.717) is 125 Å². The van der Waals surface area contributed by atoms with Gasteiger partial charge in [-0.15, -0.1) is 0 Å². The zero-order valence-corrected chi connectivity index (χ0v) is 81.3. The van der Waals surface area contributed by atoms with E-state index in [1.54, 1.807) is 98.0 Å². The molecular formula is C94H117F4N12O19V3-3. The van der Waals surface area contributed by atoms with Gasteiger partial charge in [-0.1, -0.05) is 114 Å². The van der Waals surface area contributed by atoms with Crippen LogP contribution < -0.4 is 44.4 Å². The van der Waals surface area contributed by atoms with E-state index < -0.39 is 173 Å². The van der Waals surface area contributed by atoms with Gasteiger partial charge in [0.2, 0.25) is 47.2 Å². The Morgan fingerprint density at radius 3 is 1.08 bits per heavy atom. The number of methoxy groups -OCH3 is 3. The Hall–Kier alpha value is -9.15. The number of ketones is 1. The minimum absolute atomic E-state index is 0. The summed E-state index contributed by atoms with van der Waals surface area (Å²) >= 11 is 0. The maximum atomic E-state index is 15.0. The van der Waals surface area contributed by atoms with Gasteiger partial charge in [-0.25, -0.2) is 80.7 Å². The molecule has 6 bridgehead atoms. The monoisotopic (exact) mass is 1950 g/mol. The third-order valence-corrected chi connectivity index (χ3v) is 26.9. The Kier molecular flexibility index (Phi) is 32.6. The normalized spacial score (nSPS) is 29.4. The average Bonchev–Trinajstić information content (AvgIpc) is 1.45. The quantitative estimate of drug-likeness (QED) is 0.0724. The molecule has 31 nitrogen and oxygen atoms in total. The number of fused-ring (bicyclic) bond motifs is 15. The maximum absolute atomic E-state index is 15.0. The van der Waals surface area contributed by atoms with E-state index in [-0.39, 0.29) is 149 Å². The average molecular weight is 1950 g/mol. The van der Waals surface area contributed by atoms with Gasteiger partial charge in [0.1, 0.15) is 94.9 Å². The molecule has 9 heterocycles. The Labute approximate surface area is 801 Å². The molecule has 713 valence electrons. The van der Waals surface area contributed by atoms with Crippen molar-refractivity contribution < 1.29 is 164 Å². The molecule has 16 rings (SSSR count). The molecule has 3 aromatic carbocycles. The predicted octanol–water partition coefficient (Wildman–Crippen LogP) is 12.8. The van der Waals surface area contributed by atoms with Crippen LogP contribution in [0.25, 0.3) is 33.1 Å². The number of hydrogen-bond acceptors (Lipinski definition) is 25. The molecule has 3 aromatic heterocycles. The summed E-state index contributed by atoms with van der Waals surface area (Å²) in [4.78, 5) is 164. The topological polar surface area (TPSA) is 377 Å². The molecule has 1 spiro atoms. The van der Waals surface area contributed by atoms with Gasteiger partial charge in [-0.3, -0.25) is 19.2 Å². The summed E-state index contributed by atoms with van der Waals surface area (Å²) in [6, 6.07) is 10.1. The third-order valence-electron chi connectivity index (χ3n) is 26.9. The van der Waals surface area contributed by atoms with Gasteiger partial charge in [-0.2, -0.15) is 0 Å². The van der Waals surface area contributed by atoms with Crippen LogP contribution in [0.3, 0.4) is 0 Å². The van der Waals surface area contributed by atoms with E-state index >= 15 is 0 Å². The molecular weight excluding hydrogens is 1830 g/mol. The number of halogens is 4. The molecule has 6 amide bonds. The van der Waals surface area contributed by atoms with Crippen molar-refractivity contribution in [2.24, 2.45) is 57.2 Å². The van der Waals surface area contributed by atoms with Crippen LogP contribution in [-0.4, -0.2) is 231 Å². The second-order valence-corrected chi connectivity index (χ2v) is 39.5. The van der Waals surface area contributed by atoms with Crippen molar-refractivity contribution in [1.82, 2.24) is 60.6 Å². The molecule has 7 fully saturated rings. The first-order chi connectivity index (χ1) is 61.1. The Morgan fingerprint density at radius 1 is 0.424 bits per heavy atom. The van der Waals surface area contributed by atoms with E-state index in [0.717, 1.165) is 12.8 Å². The van der Waals surface area contributed by atoms with E-state index in [2.05, 4.69) is 27.2 Å². The Bertz CT molecular complexity index is 5260. The van der Waals surface area contributed by atoms with E-state index in [4.69, 9.17) is 67.6 Å². The van der Waals surface area contributed by atoms with E-state index in [1.165, 1.54) is 28.9 Å². The molecule has 3 radical (unpaired) electrons. The second-order valence-electron chi connectivity index (χ2n) is 39.5. The van der Waals surface area contributed by atoms with Crippen LogP contribution >= 0.6 is 0 Å². The van der Waals surface area contributed by atoms with Gasteiger partial charge in [0, 0.05) is 129 Å². The van der Waals surface area contributed by atoms with Crippen LogP contribution in [0.2, 0.25) is 0 Å². The summed E-state index contributed by atoms with van der Waals surface area (Å²) in [6.07, 6.45) is 4.69. The summed E-state index contributed by atoms with van der Waals surface area (Å²) in [6.45, 7) is 22.0. The summed E-state index contributed by atoms with van der Waals surface area (Å²) in [5.74, 6) is -6.87. The summed E-state index contributed by atoms with van der Waals surface area (Å²) in [5, 5.41) is 8.06. The van der Waals surface area contributed by atoms with Crippen LogP contribution in [0.1, 0.15) is 196 Å². The first-order valence-electron chi connectivity index (χ1n) is 44.9. The largest absolute Gasteiger partial charge is 0.540 e. The van der Waals surface area contributed by atoms with Gasteiger partial charge in [0.25, 0.3) is 0 Å². The molecule has 4 aliphatic carbocycles. The van der Waals surface area contributed by atoms with Gasteiger partial charge in [0.15, 0.2) is 0 Å². The first kappa shape index (κ1) is 103. The number of amides is 6. The van der Waals surface area contributed by atoms with Crippen LogP contribution in [0.15, 0.2) is 54.6 Å². The number of alkyl halides is 4.